The topological polar surface area (TPSA) is 51.8 Å². The summed E-state index contributed by atoms with van der Waals surface area (Å²) < 4.78 is 6.82. The summed E-state index contributed by atoms with van der Waals surface area (Å²) in [4.78, 5) is 15.4. The van der Waals surface area contributed by atoms with Crippen molar-refractivity contribution in [2.24, 2.45) is 0 Å². The van der Waals surface area contributed by atoms with E-state index in [1.165, 1.54) is 21.9 Å². The second kappa shape index (κ2) is 12.4. The van der Waals surface area contributed by atoms with E-state index in [0.29, 0.717) is 17.5 Å². The first-order valence-electron chi connectivity index (χ1n) is 17.6. The zero-order chi connectivity index (χ0) is 34.4. The molecule has 2 aromatic heterocycles. The maximum Gasteiger partial charge on any atom is 0.164 e. The van der Waals surface area contributed by atoms with Gasteiger partial charge in [0.05, 0.1) is 0 Å². The molecule has 10 aromatic rings. The number of para-hydroxylation sites is 1. The number of rotatable bonds is 6. The Hall–Kier alpha value is -6.91. The molecule has 244 valence electrons. The van der Waals surface area contributed by atoms with Gasteiger partial charge >= 0.3 is 0 Å². The molecule has 0 aliphatic carbocycles. The third-order valence-electron chi connectivity index (χ3n) is 10.0. The zero-order valence-corrected chi connectivity index (χ0v) is 28.1. The van der Waals surface area contributed by atoms with Gasteiger partial charge in [-0.3, -0.25) is 0 Å². The van der Waals surface area contributed by atoms with Crippen molar-refractivity contribution in [2.45, 2.75) is 5.92 Å². The summed E-state index contributed by atoms with van der Waals surface area (Å²) in [6.45, 7) is 0. The van der Waals surface area contributed by atoms with Gasteiger partial charge in [-0.1, -0.05) is 170 Å². The maximum atomic E-state index is 6.82. The predicted octanol–water partition coefficient (Wildman–Crippen LogP) is 12.3. The molecule has 0 N–H and O–H groups in total. The fourth-order valence-electron chi connectivity index (χ4n) is 7.60. The number of fused-ring (bicyclic) bond motifs is 6. The molecule has 1 unspecified atom stereocenters. The van der Waals surface area contributed by atoms with E-state index >= 15 is 0 Å². The molecule has 0 aliphatic heterocycles. The molecule has 4 nitrogen and oxygen atoms in total. The third-order valence-corrected chi connectivity index (χ3v) is 10.0. The van der Waals surface area contributed by atoms with Crippen molar-refractivity contribution in [3.8, 4) is 34.2 Å². The van der Waals surface area contributed by atoms with Crippen molar-refractivity contribution in [3.05, 3.63) is 199 Å². The van der Waals surface area contributed by atoms with Gasteiger partial charge in [-0.25, -0.2) is 15.0 Å². The van der Waals surface area contributed by atoms with Crippen LogP contribution < -0.4 is 0 Å². The van der Waals surface area contributed by atoms with Crippen molar-refractivity contribution >= 4 is 43.5 Å². The summed E-state index contributed by atoms with van der Waals surface area (Å²) >= 11 is 0. The summed E-state index contributed by atoms with van der Waals surface area (Å²) in [6, 6.07) is 63.5. The molecule has 52 heavy (non-hydrogen) atoms. The predicted molar refractivity (Wildman–Crippen MR) is 212 cm³/mol. The van der Waals surface area contributed by atoms with Crippen molar-refractivity contribution in [1.82, 2.24) is 15.0 Å². The smallest absolute Gasteiger partial charge is 0.164 e. The van der Waals surface area contributed by atoms with E-state index in [-0.39, 0.29) is 5.92 Å². The summed E-state index contributed by atoms with van der Waals surface area (Å²) in [5.41, 5.74) is 8.08. The lowest BCUT2D eigenvalue weighted by molar-refractivity contribution is 0.672. The van der Waals surface area contributed by atoms with Crippen LogP contribution in [0.15, 0.2) is 186 Å². The molecule has 0 aliphatic rings. The van der Waals surface area contributed by atoms with Crippen molar-refractivity contribution < 1.29 is 4.42 Å². The second-order valence-electron chi connectivity index (χ2n) is 13.2. The molecule has 2 heterocycles. The van der Waals surface area contributed by atoms with E-state index in [2.05, 4.69) is 109 Å². The zero-order valence-electron chi connectivity index (χ0n) is 28.1. The Morgan fingerprint density at radius 3 is 1.73 bits per heavy atom. The molecular weight excluding hydrogens is 635 g/mol. The molecule has 0 saturated heterocycles. The quantitative estimate of drug-likeness (QED) is 0.166. The Bertz CT molecular complexity index is 2840. The van der Waals surface area contributed by atoms with Crippen LogP contribution in [-0.4, -0.2) is 15.0 Å². The van der Waals surface area contributed by atoms with Crippen molar-refractivity contribution in [3.63, 3.8) is 0 Å². The average molecular weight is 666 g/mol. The van der Waals surface area contributed by atoms with E-state index in [4.69, 9.17) is 19.4 Å². The van der Waals surface area contributed by atoms with Gasteiger partial charge < -0.3 is 4.42 Å². The highest BCUT2D eigenvalue weighted by Gasteiger charge is 2.25. The molecule has 0 fully saturated rings. The van der Waals surface area contributed by atoms with Gasteiger partial charge in [0.1, 0.15) is 11.2 Å². The largest absolute Gasteiger partial charge is 0.455 e. The molecule has 0 bridgehead atoms. The fraction of sp³-hybridized carbons (Fsp3) is 0.0208. The van der Waals surface area contributed by atoms with Gasteiger partial charge in [-0.2, -0.15) is 0 Å². The first kappa shape index (κ1) is 30.0. The van der Waals surface area contributed by atoms with E-state index in [1.54, 1.807) is 0 Å². The molecule has 1 atom stereocenters. The van der Waals surface area contributed by atoms with Gasteiger partial charge in [0.25, 0.3) is 0 Å². The van der Waals surface area contributed by atoms with E-state index in [0.717, 1.165) is 55.0 Å². The van der Waals surface area contributed by atoms with E-state index in [9.17, 15) is 0 Å². The minimum atomic E-state index is -0.0701. The average Bonchev–Trinajstić information content (AvgIpc) is 3.60. The van der Waals surface area contributed by atoms with Crippen molar-refractivity contribution in [1.29, 1.82) is 0 Å². The molecule has 4 heteroatoms. The van der Waals surface area contributed by atoms with E-state index < -0.39 is 0 Å². The summed E-state index contributed by atoms with van der Waals surface area (Å²) in [6.07, 6.45) is 0. The standard InChI is InChI=1S/C48H31N3O/c1-4-16-32(17-5-1)43(36-28-27-31-15-10-11-22-35(31)29-36)39-25-14-24-38-41(30-40-37-23-12-13-26-42(37)52-45(40)44(38)39)48-50-46(33-18-6-2-7-19-33)49-47(51-48)34-20-8-3-9-21-34/h1-30,43H. The van der Waals surface area contributed by atoms with Crippen LogP contribution in [0.5, 0.6) is 0 Å². The SMILES string of the molecule is c1ccc(-c2nc(-c3ccccc3)nc(-c3cc4c5ccccc5oc4c4c(C(c5ccccc5)c5ccc6ccccc6c5)cccc34)n2)cc1. The Labute approximate surface area is 300 Å². The minimum Gasteiger partial charge on any atom is -0.455 e. The van der Waals surface area contributed by atoms with Crippen LogP contribution in [0.4, 0.5) is 0 Å². The van der Waals surface area contributed by atoms with Gasteiger partial charge in [0.15, 0.2) is 17.5 Å². The van der Waals surface area contributed by atoms with Gasteiger partial charge in [-0.15, -0.1) is 0 Å². The van der Waals surface area contributed by atoms with Crippen LogP contribution in [0.3, 0.4) is 0 Å². The highest BCUT2D eigenvalue weighted by Crippen LogP contribution is 2.45. The summed E-state index contributed by atoms with van der Waals surface area (Å²) in [5, 5.41) is 6.59. The molecule has 0 spiro atoms. The van der Waals surface area contributed by atoms with Crippen molar-refractivity contribution in [2.75, 3.05) is 0 Å². The summed E-state index contributed by atoms with van der Waals surface area (Å²) in [5.74, 6) is 1.80. The molecular formula is C48H31N3O. The molecule has 0 radical (unpaired) electrons. The van der Waals surface area contributed by atoms with Gasteiger partial charge in [0, 0.05) is 38.8 Å². The molecule has 0 amide bonds. The van der Waals surface area contributed by atoms with Gasteiger partial charge in [-0.05, 0) is 45.0 Å². The minimum absolute atomic E-state index is 0.0701. The molecule has 8 aromatic carbocycles. The van der Waals surface area contributed by atoms with Crippen LogP contribution in [0.2, 0.25) is 0 Å². The summed E-state index contributed by atoms with van der Waals surface area (Å²) in [7, 11) is 0. The van der Waals surface area contributed by atoms with Crippen LogP contribution in [0.1, 0.15) is 22.6 Å². The Morgan fingerprint density at radius 1 is 0.404 bits per heavy atom. The highest BCUT2D eigenvalue weighted by molar-refractivity contribution is 6.20. The fourth-order valence-corrected chi connectivity index (χ4v) is 7.60. The monoisotopic (exact) mass is 665 g/mol. The lowest BCUT2D eigenvalue weighted by Crippen LogP contribution is -2.05. The number of benzene rings is 8. The third kappa shape index (κ3) is 5.12. The molecule has 10 rings (SSSR count). The number of hydrogen-bond donors (Lipinski definition) is 0. The van der Waals surface area contributed by atoms with Crippen LogP contribution in [-0.2, 0) is 0 Å². The van der Waals surface area contributed by atoms with Crippen LogP contribution in [0.25, 0.3) is 77.6 Å². The van der Waals surface area contributed by atoms with Crippen LogP contribution >= 0.6 is 0 Å². The lowest BCUT2D eigenvalue weighted by Gasteiger charge is -2.22. The second-order valence-corrected chi connectivity index (χ2v) is 13.2. The Morgan fingerprint density at radius 2 is 1.00 bits per heavy atom. The Balaban J connectivity index is 1.31. The highest BCUT2D eigenvalue weighted by atomic mass is 16.3. The number of nitrogens with zero attached hydrogens (tertiary/aromatic N) is 3. The van der Waals surface area contributed by atoms with Gasteiger partial charge in [0.2, 0.25) is 0 Å². The number of hydrogen-bond acceptors (Lipinski definition) is 4. The maximum absolute atomic E-state index is 6.82. The Kier molecular flexibility index (Phi) is 7.17. The lowest BCUT2D eigenvalue weighted by atomic mass is 9.81. The van der Waals surface area contributed by atoms with Crippen LogP contribution in [0, 0.1) is 0 Å². The number of aromatic nitrogens is 3. The normalized spacial score (nSPS) is 12.2. The van der Waals surface area contributed by atoms with E-state index in [1.807, 2.05) is 72.8 Å². The number of furan rings is 1. The molecule has 0 saturated carbocycles. The first-order chi connectivity index (χ1) is 25.8. The first-order valence-corrected chi connectivity index (χ1v) is 17.6.